The van der Waals surface area contributed by atoms with E-state index in [1.165, 1.54) is 0 Å². The first-order valence-electron chi connectivity index (χ1n) is 4.60. The quantitative estimate of drug-likeness (QED) is 0.663. The molecule has 1 aromatic rings. The van der Waals surface area contributed by atoms with E-state index >= 15 is 0 Å². The number of amides is 1. The summed E-state index contributed by atoms with van der Waals surface area (Å²) in [4.78, 5) is 11.4. The molecule has 0 aliphatic carbocycles. The number of terminal acetylenes is 1. The molecule has 0 heterocycles. The molecule has 0 aliphatic heterocycles. The van der Waals surface area contributed by atoms with E-state index in [4.69, 9.17) is 12.2 Å². The number of halogens is 3. The summed E-state index contributed by atoms with van der Waals surface area (Å²) in [5.74, 6) is 0.0927. The number of carbonyl (C=O) groups is 1. The van der Waals surface area contributed by atoms with Gasteiger partial charge in [-0.1, -0.05) is 0 Å². The molecule has 6 heteroatoms. The summed E-state index contributed by atoms with van der Waals surface area (Å²) in [5, 5.41) is 2.17. The second kappa shape index (κ2) is 5.75. The van der Waals surface area contributed by atoms with Crippen molar-refractivity contribution in [2.45, 2.75) is 12.5 Å². The largest absolute Gasteiger partial charge is 0.322 e. The normalized spacial score (nSPS) is 11.7. The molecule has 1 rings (SSSR count). The van der Waals surface area contributed by atoms with Crippen molar-refractivity contribution in [3.05, 3.63) is 28.2 Å². The lowest BCUT2D eigenvalue weighted by Crippen LogP contribution is -2.35. The van der Waals surface area contributed by atoms with Gasteiger partial charge in [0, 0.05) is 12.5 Å². The van der Waals surface area contributed by atoms with Gasteiger partial charge in [-0.3, -0.25) is 4.79 Å². The maximum atomic E-state index is 13.3. The van der Waals surface area contributed by atoms with Gasteiger partial charge < -0.3 is 11.1 Å². The van der Waals surface area contributed by atoms with Crippen LogP contribution in [0.1, 0.15) is 6.42 Å². The first-order chi connectivity index (χ1) is 7.95. The Bertz CT molecular complexity index is 485. The summed E-state index contributed by atoms with van der Waals surface area (Å²) >= 11 is 2.82. The fourth-order valence-electron chi connectivity index (χ4n) is 1.06. The van der Waals surface area contributed by atoms with Crippen molar-refractivity contribution in [2.75, 3.05) is 5.32 Å². The molecular formula is C11H9BrF2N2O. The average molecular weight is 303 g/mol. The zero-order valence-corrected chi connectivity index (χ0v) is 10.2. The van der Waals surface area contributed by atoms with Crippen LogP contribution < -0.4 is 11.1 Å². The molecule has 0 bridgehead atoms. The zero-order chi connectivity index (χ0) is 13.0. The van der Waals surface area contributed by atoms with Crippen LogP contribution in [0.2, 0.25) is 0 Å². The van der Waals surface area contributed by atoms with Gasteiger partial charge in [0.25, 0.3) is 0 Å². The Hall–Kier alpha value is -1.45. The first-order valence-corrected chi connectivity index (χ1v) is 5.39. The van der Waals surface area contributed by atoms with E-state index in [0.717, 1.165) is 12.1 Å². The summed E-state index contributed by atoms with van der Waals surface area (Å²) in [7, 11) is 0. The molecule has 1 amide bonds. The second-order valence-electron chi connectivity index (χ2n) is 3.25. The van der Waals surface area contributed by atoms with Crippen LogP contribution in [-0.4, -0.2) is 11.9 Å². The molecule has 0 radical (unpaired) electrons. The highest BCUT2D eigenvalue weighted by Gasteiger charge is 2.15. The van der Waals surface area contributed by atoms with E-state index < -0.39 is 23.6 Å². The molecule has 0 saturated heterocycles. The van der Waals surface area contributed by atoms with E-state index in [1.54, 1.807) is 0 Å². The van der Waals surface area contributed by atoms with Crippen LogP contribution >= 0.6 is 15.9 Å². The van der Waals surface area contributed by atoms with Crippen molar-refractivity contribution in [1.82, 2.24) is 0 Å². The molecule has 1 atom stereocenters. The molecule has 1 aromatic carbocycles. The Morgan fingerprint density at radius 1 is 1.53 bits per heavy atom. The topological polar surface area (TPSA) is 55.1 Å². The SMILES string of the molecule is C#CCC(N)C(=O)Nc1cc(F)c(Br)cc1F. The van der Waals surface area contributed by atoms with Gasteiger partial charge in [0.15, 0.2) is 0 Å². The number of anilines is 1. The molecule has 0 saturated carbocycles. The Labute approximate surface area is 106 Å². The fourth-order valence-corrected chi connectivity index (χ4v) is 1.38. The number of nitrogens with two attached hydrogens (primary N) is 1. The van der Waals surface area contributed by atoms with Crippen molar-refractivity contribution >= 4 is 27.5 Å². The van der Waals surface area contributed by atoms with E-state index in [1.807, 2.05) is 0 Å². The lowest BCUT2D eigenvalue weighted by molar-refractivity contribution is -0.117. The highest BCUT2D eigenvalue weighted by molar-refractivity contribution is 9.10. The molecule has 3 nitrogen and oxygen atoms in total. The summed E-state index contributed by atoms with van der Waals surface area (Å²) in [6, 6.07) is 0.823. The highest BCUT2D eigenvalue weighted by Crippen LogP contribution is 2.23. The average Bonchev–Trinajstić information content (AvgIpc) is 2.26. The van der Waals surface area contributed by atoms with Crippen molar-refractivity contribution < 1.29 is 13.6 Å². The number of hydrogen-bond donors (Lipinski definition) is 2. The molecule has 90 valence electrons. The first kappa shape index (κ1) is 13.6. The predicted molar refractivity (Wildman–Crippen MR) is 64.1 cm³/mol. The number of hydrogen-bond acceptors (Lipinski definition) is 2. The third-order valence-corrected chi connectivity index (χ3v) is 2.55. The Morgan fingerprint density at radius 2 is 2.18 bits per heavy atom. The van der Waals surface area contributed by atoms with E-state index in [9.17, 15) is 13.6 Å². The van der Waals surface area contributed by atoms with Crippen molar-refractivity contribution in [1.29, 1.82) is 0 Å². The van der Waals surface area contributed by atoms with Crippen molar-refractivity contribution in [3.63, 3.8) is 0 Å². The van der Waals surface area contributed by atoms with Gasteiger partial charge in [-0.2, -0.15) is 0 Å². The van der Waals surface area contributed by atoms with Crippen LogP contribution in [-0.2, 0) is 4.79 Å². The van der Waals surface area contributed by atoms with Crippen LogP contribution in [0.4, 0.5) is 14.5 Å². The molecule has 0 spiro atoms. The molecule has 1 unspecified atom stereocenters. The van der Waals surface area contributed by atoms with Crippen molar-refractivity contribution in [2.24, 2.45) is 5.73 Å². The lowest BCUT2D eigenvalue weighted by atomic mass is 10.2. The van der Waals surface area contributed by atoms with Gasteiger partial charge in [-0.15, -0.1) is 12.3 Å². The van der Waals surface area contributed by atoms with E-state index in [0.29, 0.717) is 0 Å². The summed E-state index contributed by atoms with van der Waals surface area (Å²) < 4.78 is 26.5. The number of benzene rings is 1. The summed E-state index contributed by atoms with van der Waals surface area (Å²) in [5.41, 5.74) is 5.14. The van der Waals surface area contributed by atoms with Gasteiger partial charge in [0.05, 0.1) is 16.2 Å². The molecule has 3 N–H and O–H groups in total. The number of nitrogens with one attached hydrogen (secondary N) is 1. The van der Waals surface area contributed by atoms with Crippen LogP contribution in [0.5, 0.6) is 0 Å². The third kappa shape index (κ3) is 3.51. The Morgan fingerprint density at radius 3 is 2.76 bits per heavy atom. The minimum Gasteiger partial charge on any atom is -0.322 e. The fraction of sp³-hybridized carbons (Fsp3) is 0.182. The molecule has 17 heavy (non-hydrogen) atoms. The van der Waals surface area contributed by atoms with Crippen LogP contribution in [0.25, 0.3) is 0 Å². The molecule has 0 fully saturated rings. The number of rotatable bonds is 3. The number of carbonyl (C=O) groups excluding carboxylic acids is 1. The summed E-state index contributed by atoms with van der Waals surface area (Å²) in [6.45, 7) is 0. The summed E-state index contributed by atoms with van der Waals surface area (Å²) in [6.07, 6.45) is 5.00. The van der Waals surface area contributed by atoms with Crippen LogP contribution in [0.3, 0.4) is 0 Å². The van der Waals surface area contributed by atoms with Crippen LogP contribution in [0, 0.1) is 24.0 Å². The van der Waals surface area contributed by atoms with E-state index in [2.05, 4.69) is 27.2 Å². The van der Waals surface area contributed by atoms with E-state index in [-0.39, 0.29) is 16.6 Å². The third-order valence-electron chi connectivity index (χ3n) is 1.94. The Kier molecular flexibility index (Phi) is 4.61. The minimum absolute atomic E-state index is 0.0203. The molecule has 0 aromatic heterocycles. The minimum atomic E-state index is -0.953. The lowest BCUT2D eigenvalue weighted by Gasteiger charge is -2.10. The van der Waals surface area contributed by atoms with Gasteiger partial charge in [-0.25, -0.2) is 8.78 Å². The standard InChI is InChI=1S/C11H9BrF2N2O/c1-2-3-9(15)11(17)16-10-5-7(13)6(12)4-8(10)14/h1,4-5,9H,3,15H2,(H,16,17). The molecule has 0 aliphatic rings. The smallest absolute Gasteiger partial charge is 0.242 e. The monoisotopic (exact) mass is 302 g/mol. The second-order valence-corrected chi connectivity index (χ2v) is 4.10. The maximum absolute atomic E-state index is 13.3. The van der Waals surface area contributed by atoms with Gasteiger partial charge in [0.2, 0.25) is 5.91 Å². The van der Waals surface area contributed by atoms with Gasteiger partial charge in [-0.05, 0) is 22.0 Å². The molecular weight excluding hydrogens is 294 g/mol. The zero-order valence-electron chi connectivity index (χ0n) is 8.64. The van der Waals surface area contributed by atoms with Crippen LogP contribution in [0.15, 0.2) is 16.6 Å². The maximum Gasteiger partial charge on any atom is 0.242 e. The predicted octanol–water partition coefficient (Wildman–Crippen LogP) is 2.02. The van der Waals surface area contributed by atoms with Gasteiger partial charge >= 0.3 is 0 Å². The van der Waals surface area contributed by atoms with Crippen molar-refractivity contribution in [3.8, 4) is 12.3 Å². The van der Waals surface area contributed by atoms with Gasteiger partial charge in [0.1, 0.15) is 11.6 Å². The Balaban J connectivity index is 2.86. The highest BCUT2D eigenvalue weighted by atomic mass is 79.9.